The molecule has 0 atom stereocenters. The molecule has 0 unspecified atom stereocenters. The normalized spacial score (nSPS) is 16.2. The molecule has 2 aliphatic carbocycles. The van der Waals surface area contributed by atoms with Gasteiger partial charge in [0, 0.05) is 24.0 Å². The van der Waals surface area contributed by atoms with Gasteiger partial charge in [0.1, 0.15) is 0 Å². The van der Waals surface area contributed by atoms with Crippen LogP contribution < -0.4 is 5.32 Å². The van der Waals surface area contributed by atoms with Crippen LogP contribution in [0.5, 0.6) is 0 Å². The largest absolute Gasteiger partial charge is 0.298 e. The maximum Gasteiger partial charge on any atom is 0.257 e. The van der Waals surface area contributed by atoms with Crippen LogP contribution in [0, 0.1) is 0 Å². The number of aryl methyl sites for hydroxylation is 2. The van der Waals surface area contributed by atoms with Gasteiger partial charge in [-0.15, -0.1) is 0 Å². The Morgan fingerprint density at radius 3 is 2.56 bits per heavy atom. The summed E-state index contributed by atoms with van der Waals surface area (Å²) in [5, 5.41) is 5.88. The monoisotopic (exact) mass is 491 g/mol. The van der Waals surface area contributed by atoms with Gasteiger partial charge >= 0.3 is 0 Å². The lowest BCUT2D eigenvalue weighted by atomic mass is 10.0. The minimum absolute atomic E-state index is 0.0556. The highest BCUT2D eigenvalue weighted by Gasteiger charge is 2.30. The Labute approximate surface area is 202 Å². The van der Waals surface area contributed by atoms with Crippen molar-refractivity contribution in [3.05, 3.63) is 65.2 Å². The van der Waals surface area contributed by atoms with E-state index in [1.807, 2.05) is 0 Å². The van der Waals surface area contributed by atoms with Crippen LogP contribution in [0.1, 0.15) is 47.2 Å². The van der Waals surface area contributed by atoms with Crippen molar-refractivity contribution >= 4 is 53.4 Å². The zero-order valence-electron chi connectivity index (χ0n) is 18.9. The number of carbonyl (C=O) groups excluding carboxylic acids is 1. The Morgan fingerprint density at radius 1 is 1.06 bits per heavy atom. The SMILES string of the molecule is CN(C1CCCC1)S(=O)(=O)c1ccc(C(=O)Nc2nc3c(cc4c5c(cccc53)CC4)s2)cc1. The number of amides is 1. The van der Waals surface area contributed by atoms with Gasteiger partial charge in [0.25, 0.3) is 5.91 Å². The number of hydrogen-bond acceptors (Lipinski definition) is 5. The molecule has 0 bridgehead atoms. The second kappa shape index (κ2) is 8.15. The number of thiazole rings is 1. The molecule has 1 saturated carbocycles. The van der Waals surface area contributed by atoms with E-state index in [1.165, 1.54) is 44.3 Å². The van der Waals surface area contributed by atoms with Crippen molar-refractivity contribution in [1.29, 1.82) is 0 Å². The molecule has 0 saturated heterocycles. The third-order valence-electron chi connectivity index (χ3n) is 7.20. The molecule has 1 N–H and O–H groups in total. The standard InChI is InChI=1S/C26H25N3O3S2/c1-29(19-6-2-3-7-19)34(31,32)20-13-11-17(12-14-20)25(30)28-26-27-24-21-8-4-5-16-9-10-18(23(16)21)15-22(24)33-26/h4-5,8,11-15,19H,2-3,6-7,9-10H2,1H3,(H,27,28,30). The van der Waals surface area contributed by atoms with E-state index in [1.54, 1.807) is 19.2 Å². The molecule has 1 aromatic heterocycles. The first-order valence-corrected chi connectivity index (χ1v) is 13.9. The zero-order valence-corrected chi connectivity index (χ0v) is 20.5. The predicted molar refractivity (Wildman–Crippen MR) is 136 cm³/mol. The van der Waals surface area contributed by atoms with Crippen LogP contribution in [0.15, 0.2) is 53.4 Å². The predicted octanol–water partition coefficient (Wildman–Crippen LogP) is 5.36. The third-order valence-corrected chi connectivity index (χ3v) is 10.0. The average Bonchev–Trinajstić information content (AvgIpc) is 3.60. The number of fused-ring (bicyclic) bond motifs is 2. The topological polar surface area (TPSA) is 79.4 Å². The molecule has 8 heteroatoms. The Kier molecular flexibility index (Phi) is 5.20. The summed E-state index contributed by atoms with van der Waals surface area (Å²) >= 11 is 1.47. The lowest BCUT2D eigenvalue weighted by Gasteiger charge is -2.23. The fourth-order valence-corrected chi connectivity index (χ4v) is 7.69. The van der Waals surface area contributed by atoms with E-state index < -0.39 is 10.0 Å². The van der Waals surface area contributed by atoms with Crippen molar-refractivity contribution in [1.82, 2.24) is 9.29 Å². The summed E-state index contributed by atoms with van der Waals surface area (Å²) in [6.45, 7) is 0. The molecule has 6 nitrogen and oxygen atoms in total. The third kappa shape index (κ3) is 3.52. The lowest BCUT2D eigenvalue weighted by molar-refractivity contribution is 0.102. The van der Waals surface area contributed by atoms with Gasteiger partial charge in [0.2, 0.25) is 10.0 Å². The molecule has 4 aromatic rings. The van der Waals surface area contributed by atoms with Crippen molar-refractivity contribution in [3.8, 4) is 0 Å². The number of carbonyl (C=O) groups is 1. The number of rotatable bonds is 5. The van der Waals surface area contributed by atoms with Gasteiger partial charge in [-0.25, -0.2) is 13.4 Å². The average molecular weight is 492 g/mol. The van der Waals surface area contributed by atoms with E-state index in [0.717, 1.165) is 54.1 Å². The number of aromatic nitrogens is 1. The Balaban J connectivity index is 1.24. The molecule has 34 heavy (non-hydrogen) atoms. The molecule has 0 spiro atoms. The molecule has 1 heterocycles. The summed E-state index contributed by atoms with van der Waals surface area (Å²) in [6, 6.07) is 14.8. The van der Waals surface area contributed by atoms with Crippen LogP contribution in [-0.4, -0.2) is 36.7 Å². The maximum atomic E-state index is 13.0. The molecule has 3 aromatic carbocycles. The van der Waals surface area contributed by atoms with Gasteiger partial charge in [-0.1, -0.05) is 42.4 Å². The summed E-state index contributed by atoms with van der Waals surface area (Å²) in [5.74, 6) is -0.301. The second-order valence-corrected chi connectivity index (χ2v) is 12.2. The van der Waals surface area contributed by atoms with Gasteiger partial charge in [-0.2, -0.15) is 4.31 Å². The first kappa shape index (κ1) is 21.7. The number of hydrogen-bond donors (Lipinski definition) is 1. The molecular formula is C26H25N3O3S2. The molecule has 1 fully saturated rings. The van der Waals surface area contributed by atoms with Gasteiger partial charge in [-0.3, -0.25) is 10.1 Å². The molecule has 6 rings (SSSR count). The number of benzene rings is 3. The fraction of sp³-hybridized carbons (Fsp3) is 0.308. The first-order valence-electron chi connectivity index (χ1n) is 11.7. The number of nitrogens with one attached hydrogen (secondary N) is 1. The van der Waals surface area contributed by atoms with Crippen LogP contribution in [0.3, 0.4) is 0 Å². The van der Waals surface area contributed by atoms with Gasteiger partial charge in [0.15, 0.2) is 5.13 Å². The van der Waals surface area contributed by atoms with Crippen molar-refractivity contribution < 1.29 is 13.2 Å². The van der Waals surface area contributed by atoms with Crippen LogP contribution in [0.4, 0.5) is 5.13 Å². The number of nitrogens with zero attached hydrogens (tertiary/aromatic N) is 2. The van der Waals surface area contributed by atoms with E-state index in [-0.39, 0.29) is 16.8 Å². The zero-order chi connectivity index (χ0) is 23.4. The number of sulfonamides is 1. The quantitative estimate of drug-likeness (QED) is 0.407. The van der Waals surface area contributed by atoms with Crippen LogP contribution >= 0.6 is 11.3 Å². The summed E-state index contributed by atoms with van der Waals surface area (Å²) in [7, 11) is -1.92. The minimum atomic E-state index is -3.57. The van der Waals surface area contributed by atoms with Gasteiger partial charge in [-0.05, 0) is 72.5 Å². The van der Waals surface area contributed by atoms with E-state index in [2.05, 4.69) is 29.6 Å². The highest BCUT2D eigenvalue weighted by atomic mass is 32.2. The second-order valence-electron chi connectivity index (χ2n) is 9.18. The fourth-order valence-electron chi connectivity index (χ4n) is 5.34. The maximum absolute atomic E-state index is 13.0. The Bertz CT molecular complexity index is 1540. The van der Waals surface area contributed by atoms with Gasteiger partial charge in [0.05, 0.1) is 15.1 Å². The summed E-state index contributed by atoms with van der Waals surface area (Å²) in [6.07, 6.45) is 6.03. The molecule has 1 amide bonds. The molecule has 0 aliphatic heterocycles. The number of anilines is 1. The summed E-state index contributed by atoms with van der Waals surface area (Å²) in [5.41, 5.74) is 4.02. The Hall–Kier alpha value is -2.81. The minimum Gasteiger partial charge on any atom is -0.298 e. The van der Waals surface area contributed by atoms with Crippen molar-refractivity contribution in [2.75, 3.05) is 12.4 Å². The van der Waals surface area contributed by atoms with E-state index >= 15 is 0 Å². The lowest BCUT2D eigenvalue weighted by Crippen LogP contribution is -2.35. The summed E-state index contributed by atoms with van der Waals surface area (Å²) < 4.78 is 28.5. The highest BCUT2D eigenvalue weighted by Crippen LogP contribution is 2.39. The van der Waals surface area contributed by atoms with Crippen LogP contribution in [-0.2, 0) is 22.9 Å². The van der Waals surface area contributed by atoms with E-state index in [0.29, 0.717) is 10.7 Å². The Morgan fingerprint density at radius 2 is 1.79 bits per heavy atom. The van der Waals surface area contributed by atoms with Crippen LogP contribution in [0.2, 0.25) is 0 Å². The molecular weight excluding hydrogens is 466 g/mol. The van der Waals surface area contributed by atoms with E-state index in [9.17, 15) is 13.2 Å². The van der Waals surface area contributed by atoms with Crippen LogP contribution in [0.25, 0.3) is 21.0 Å². The highest BCUT2D eigenvalue weighted by molar-refractivity contribution is 7.89. The smallest absolute Gasteiger partial charge is 0.257 e. The van der Waals surface area contributed by atoms with Gasteiger partial charge < -0.3 is 0 Å². The van der Waals surface area contributed by atoms with Crippen molar-refractivity contribution in [2.24, 2.45) is 0 Å². The summed E-state index contributed by atoms with van der Waals surface area (Å²) in [4.78, 5) is 17.8. The van der Waals surface area contributed by atoms with Crippen molar-refractivity contribution in [2.45, 2.75) is 49.5 Å². The van der Waals surface area contributed by atoms with E-state index in [4.69, 9.17) is 4.98 Å². The molecule has 0 radical (unpaired) electrons. The van der Waals surface area contributed by atoms with Crippen molar-refractivity contribution in [3.63, 3.8) is 0 Å². The first-order chi connectivity index (χ1) is 16.4. The molecule has 2 aliphatic rings. The molecule has 174 valence electrons.